The molecule has 2 aromatic heterocycles. The van der Waals surface area contributed by atoms with Crippen LogP contribution >= 0.6 is 0 Å². The molecule has 1 fully saturated rings. The Kier molecular flexibility index (Phi) is 4.01. The van der Waals surface area contributed by atoms with Gasteiger partial charge >= 0.3 is 0 Å². The summed E-state index contributed by atoms with van der Waals surface area (Å²) in [6.45, 7) is 4.48. The molecular formula is C14H19N5O2. The van der Waals surface area contributed by atoms with Crippen LogP contribution in [0.2, 0.25) is 0 Å². The summed E-state index contributed by atoms with van der Waals surface area (Å²) < 4.78 is 7.30. The molecule has 1 aliphatic heterocycles. The number of nitrogens with one attached hydrogen (secondary N) is 1. The molecule has 2 aromatic rings. The molecule has 3 rings (SSSR count). The van der Waals surface area contributed by atoms with Crippen molar-refractivity contribution in [1.29, 1.82) is 0 Å². The highest BCUT2D eigenvalue weighted by Gasteiger charge is 2.31. The minimum absolute atomic E-state index is 0.0623. The Labute approximate surface area is 122 Å². The van der Waals surface area contributed by atoms with Gasteiger partial charge in [0, 0.05) is 25.5 Å². The topological polar surface area (TPSA) is 76.0 Å². The quantitative estimate of drug-likeness (QED) is 0.918. The van der Waals surface area contributed by atoms with Crippen LogP contribution in [0.5, 0.6) is 0 Å². The van der Waals surface area contributed by atoms with Crippen molar-refractivity contribution < 1.29 is 9.53 Å². The smallest absolute Gasteiger partial charge is 0.275 e. The van der Waals surface area contributed by atoms with Crippen LogP contribution in [-0.4, -0.2) is 50.5 Å². The predicted octanol–water partition coefficient (Wildman–Crippen LogP) is 1.23. The minimum Gasteiger partial charge on any atom is -0.377 e. The second-order valence-electron chi connectivity index (χ2n) is 5.07. The molecule has 0 bridgehead atoms. The number of morpholine rings is 1. The molecule has 112 valence electrons. The molecule has 1 atom stereocenters. The number of carbonyl (C=O) groups is 1. The van der Waals surface area contributed by atoms with Crippen molar-refractivity contribution in [2.45, 2.75) is 25.9 Å². The van der Waals surface area contributed by atoms with Crippen LogP contribution in [0.3, 0.4) is 0 Å². The minimum atomic E-state index is -0.134. The first-order valence-electron chi connectivity index (χ1n) is 7.21. The normalized spacial score (nSPS) is 18.9. The van der Waals surface area contributed by atoms with Gasteiger partial charge in [-0.05, 0) is 18.6 Å². The molecule has 0 aliphatic carbocycles. The largest absolute Gasteiger partial charge is 0.377 e. The maximum atomic E-state index is 12.7. The van der Waals surface area contributed by atoms with Gasteiger partial charge in [0.1, 0.15) is 5.69 Å². The van der Waals surface area contributed by atoms with Crippen molar-refractivity contribution in [2.24, 2.45) is 0 Å². The maximum absolute atomic E-state index is 12.7. The van der Waals surface area contributed by atoms with Crippen LogP contribution in [0.15, 0.2) is 24.5 Å². The van der Waals surface area contributed by atoms with Gasteiger partial charge in [-0.3, -0.25) is 14.6 Å². The second-order valence-corrected chi connectivity index (χ2v) is 5.07. The highest BCUT2D eigenvalue weighted by molar-refractivity contribution is 5.92. The summed E-state index contributed by atoms with van der Waals surface area (Å²) in [5.74, 6) is -0.0623. The van der Waals surface area contributed by atoms with E-state index in [1.807, 2.05) is 12.3 Å². The summed E-state index contributed by atoms with van der Waals surface area (Å²) in [5, 5.41) is 11.2. The number of aromatic nitrogens is 4. The number of nitrogens with zero attached hydrogens (tertiary/aromatic N) is 4. The van der Waals surface area contributed by atoms with E-state index in [9.17, 15) is 4.79 Å². The van der Waals surface area contributed by atoms with Crippen LogP contribution in [0.25, 0.3) is 0 Å². The van der Waals surface area contributed by atoms with Gasteiger partial charge in [-0.1, -0.05) is 6.92 Å². The second kappa shape index (κ2) is 6.09. The van der Waals surface area contributed by atoms with Gasteiger partial charge in [-0.25, -0.2) is 0 Å². The number of carbonyl (C=O) groups excluding carboxylic acids is 1. The fraction of sp³-hybridized carbons (Fsp3) is 0.500. The van der Waals surface area contributed by atoms with Gasteiger partial charge in [-0.15, -0.1) is 0 Å². The molecule has 1 N–H and O–H groups in total. The summed E-state index contributed by atoms with van der Waals surface area (Å²) in [6.07, 6.45) is 4.52. The third-order valence-corrected chi connectivity index (χ3v) is 3.58. The van der Waals surface area contributed by atoms with E-state index in [-0.39, 0.29) is 11.9 Å². The van der Waals surface area contributed by atoms with Crippen molar-refractivity contribution in [1.82, 2.24) is 24.9 Å². The Hall–Kier alpha value is -2.15. The predicted molar refractivity (Wildman–Crippen MR) is 75.7 cm³/mol. The summed E-state index contributed by atoms with van der Waals surface area (Å²) in [7, 11) is 0. The fourth-order valence-electron chi connectivity index (χ4n) is 2.53. The first-order valence-corrected chi connectivity index (χ1v) is 7.21. The van der Waals surface area contributed by atoms with E-state index in [1.165, 1.54) is 0 Å². The fourth-order valence-corrected chi connectivity index (χ4v) is 2.53. The molecule has 0 spiro atoms. The molecule has 7 heteroatoms. The molecule has 3 heterocycles. The SMILES string of the molecule is CCCn1ccc(C(=O)N2CCOC[C@@H]2c2ccn[nH]2)n1. The Balaban J connectivity index is 1.80. The Bertz CT molecular complexity index is 592. The lowest BCUT2D eigenvalue weighted by atomic mass is 10.1. The molecule has 0 saturated carbocycles. The van der Waals surface area contributed by atoms with Crippen molar-refractivity contribution in [3.63, 3.8) is 0 Å². The maximum Gasteiger partial charge on any atom is 0.275 e. The van der Waals surface area contributed by atoms with Crippen LogP contribution in [-0.2, 0) is 11.3 Å². The van der Waals surface area contributed by atoms with Crippen molar-refractivity contribution in [3.05, 3.63) is 35.9 Å². The van der Waals surface area contributed by atoms with Crippen LogP contribution < -0.4 is 0 Å². The van der Waals surface area contributed by atoms with Crippen LogP contribution in [0.1, 0.15) is 35.6 Å². The third-order valence-electron chi connectivity index (χ3n) is 3.58. The molecule has 1 amide bonds. The summed E-state index contributed by atoms with van der Waals surface area (Å²) in [5.41, 5.74) is 1.37. The van der Waals surface area contributed by atoms with Crippen LogP contribution in [0.4, 0.5) is 0 Å². The van der Waals surface area contributed by atoms with Crippen molar-refractivity contribution >= 4 is 5.91 Å². The summed E-state index contributed by atoms with van der Waals surface area (Å²) in [6, 6.07) is 3.51. The number of hydrogen-bond donors (Lipinski definition) is 1. The van der Waals surface area contributed by atoms with Gasteiger partial charge < -0.3 is 9.64 Å². The van der Waals surface area contributed by atoms with Gasteiger partial charge in [0.2, 0.25) is 0 Å². The summed E-state index contributed by atoms with van der Waals surface area (Å²) >= 11 is 0. The Morgan fingerprint density at radius 3 is 3.19 bits per heavy atom. The van der Waals surface area contributed by atoms with E-state index in [4.69, 9.17) is 4.74 Å². The van der Waals surface area contributed by atoms with E-state index >= 15 is 0 Å². The number of hydrogen-bond acceptors (Lipinski definition) is 4. The zero-order valence-electron chi connectivity index (χ0n) is 12.0. The first kappa shape index (κ1) is 13.8. The molecule has 0 unspecified atom stereocenters. The standard InChI is InChI=1S/C14H19N5O2/c1-2-6-18-7-4-12(17-18)14(20)19-8-9-21-10-13(19)11-3-5-15-16-11/h3-5,7,13H,2,6,8-10H2,1H3,(H,15,16)/t13-/m1/s1. The number of aryl methyl sites for hydroxylation is 1. The van der Waals surface area contributed by atoms with Gasteiger partial charge in [0.05, 0.1) is 24.9 Å². The zero-order valence-corrected chi connectivity index (χ0v) is 12.0. The molecule has 0 radical (unpaired) electrons. The lowest BCUT2D eigenvalue weighted by Gasteiger charge is -2.34. The molecule has 7 nitrogen and oxygen atoms in total. The lowest BCUT2D eigenvalue weighted by Crippen LogP contribution is -2.43. The van der Waals surface area contributed by atoms with Gasteiger partial charge in [0.15, 0.2) is 0 Å². The number of amides is 1. The first-order chi connectivity index (χ1) is 10.3. The highest BCUT2D eigenvalue weighted by atomic mass is 16.5. The Morgan fingerprint density at radius 1 is 1.52 bits per heavy atom. The highest BCUT2D eigenvalue weighted by Crippen LogP contribution is 2.23. The Morgan fingerprint density at radius 2 is 2.43 bits per heavy atom. The van der Waals surface area contributed by atoms with E-state index in [0.29, 0.717) is 25.5 Å². The lowest BCUT2D eigenvalue weighted by molar-refractivity contribution is -0.00426. The molecule has 1 aliphatic rings. The van der Waals surface area contributed by atoms with Crippen molar-refractivity contribution in [3.8, 4) is 0 Å². The zero-order chi connectivity index (χ0) is 14.7. The molecule has 1 saturated heterocycles. The van der Waals surface area contributed by atoms with Crippen molar-refractivity contribution in [2.75, 3.05) is 19.8 Å². The van der Waals surface area contributed by atoms with E-state index in [1.54, 1.807) is 21.8 Å². The van der Waals surface area contributed by atoms with Gasteiger partial charge in [0.25, 0.3) is 5.91 Å². The number of H-pyrrole nitrogens is 1. The molecule has 21 heavy (non-hydrogen) atoms. The van der Waals surface area contributed by atoms with E-state index < -0.39 is 0 Å². The van der Waals surface area contributed by atoms with E-state index in [0.717, 1.165) is 18.7 Å². The monoisotopic (exact) mass is 289 g/mol. The average Bonchev–Trinajstić information content (AvgIpc) is 3.18. The average molecular weight is 289 g/mol. The number of aromatic amines is 1. The number of rotatable bonds is 4. The van der Waals surface area contributed by atoms with Crippen LogP contribution in [0, 0.1) is 0 Å². The summed E-state index contributed by atoms with van der Waals surface area (Å²) in [4.78, 5) is 14.5. The van der Waals surface area contributed by atoms with Gasteiger partial charge in [-0.2, -0.15) is 10.2 Å². The van der Waals surface area contributed by atoms with E-state index in [2.05, 4.69) is 22.2 Å². The molecule has 0 aromatic carbocycles. The molecular weight excluding hydrogens is 270 g/mol. The third kappa shape index (κ3) is 2.82. The number of ether oxygens (including phenoxy) is 1.